The van der Waals surface area contributed by atoms with Crippen LogP contribution in [0.5, 0.6) is 0 Å². The lowest BCUT2D eigenvalue weighted by Gasteiger charge is -2.23. The molecule has 20 heavy (non-hydrogen) atoms. The summed E-state index contributed by atoms with van der Waals surface area (Å²) >= 11 is 3.39. The fourth-order valence-electron chi connectivity index (χ4n) is 2.68. The van der Waals surface area contributed by atoms with Gasteiger partial charge in [0.1, 0.15) is 5.41 Å². The van der Waals surface area contributed by atoms with E-state index < -0.39 is 5.41 Å². The number of hydrogen-bond donors (Lipinski definition) is 1. The van der Waals surface area contributed by atoms with Crippen LogP contribution in [0.1, 0.15) is 44.1 Å². The van der Waals surface area contributed by atoms with Crippen molar-refractivity contribution >= 4 is 21.8 Å². The summed E-state index contributed by atoms with van der Waals surface area (Å²) < 4.78 is 1.02. The molecular formula is C16H19BrN2O. The van der Waals surface area contributed by atoms with Crippen molar-refractivity contribution in [3.05, 3.63) is 34.3 Å². The van der Waals surface area contributed by atoms with Crippen LogP contribution in [0.3, 0.4) is 0 Å². The van der Waals surface area contributed by atoms with E-state index in [-0.39, 0.29) is 5.91 Å². The highest BCUT2D eigenvalue weighted by atomic mass is 79.9. The smallest absolute Gasteiger partial charge is 0.240 e. The van der Waals surface area contributed by atoms with E-state index in [1.807, 2.05) is 24.3 Å². The first-order valence-electron chi connectivity index (χ1n) is 7.10. The SMILES string of the molecule is N#CC1(C(=O)NCc2ccc(Br)cc2)CCCCCC1. The predicted molar refractivity (Wildman–Crippen MR) is 81.7 cm³/mol. The number of amides is 1. The number of nitrogens with zero attached hydrogens (tertiary/aromatic N) is 1. The molecule has 0 unspecified atom stereocenters. The zero-order valence-corrected chi connectivity index (χ0v) is 13.1. The van der Waals surface area contributed by atoms with Crippen molar-refractivity contribution in [1.82, 2.24) is 5.32 Å². The van der Waals surface area contributed by atoms with E-state index in [4.69, 9.17) is 0 Å². The topological polar surface area (TPSA) is 52.9 Å². The molecule has 4 heteroatoms. The van der Waals surface area contributed by atoms with Crippen LogP contribution in [-0.4, -0.2) is 5.91 Å². The summed E-state index contributed by atoms with van der Waals surface area (Å²) in [5.74, 6) is -0.107. The number of rotatable bonds is 3. The lowest BCUT2D eigenvalue weighted by molar-refractivity contribution is -0.129. The Hall–Kier alpha value is -1.34. The Labute approximate surface area is 128 Å². The summed E-state index contributed by atoms with van der Waals surface area (Å²) in [5, 5.41) is 12.4. The molecule has 0 aliphatic heterocycles. The van der Waals surface area contributed by atoms with E-state index >= 15 is 0 Å². The first-order chi connectivity index (χ1) is 9.66. The van der Waals surface area contributed by atoms with E-state index in [0.29, 0.717) is 19.4 Å². The molecule has 1 aromatic carbocycles. The fraction of sp³-hybridized carbons (Fsp3) is 0.500. The molecule has 0 bridgehead atoms. The van der Waals surface area contributed by atoms with E-state index in [0.717, 1.165) is 35.7 Å². The minimum atomic E-state index is -0.814. The van der Waals surface area contributed by atoms with Crippen molar-refractivity contribution in [2.45, 2.75) is 45.1 Å². The maximum atomic E-state index is 12.4. The molecule has 1 amide bonds. The number of hydrogen-bond acceptors (Lipinski definition) is 2. The van der Waals surface area contributed by atoms with Gasteiger partial charge in [-0.3, -0.25) is 4.79 Å². The van der Waals surface area contributed by atoms with Gasteiger partial charge in [-0.2, -0.15) is 5.26 Å². The van der Waals surface area contributed by atoms with E-state index in [1.54, 1.807) is 0 Å². The number of benzene rings is 1. The van der Waals surface area contributed by atoms with Gasteiger partial charge < -0.3 is 5.32 Å². The van der Waals surface area contributed by atoms with Crippen LogP contribution < -0.4 is 5.32 Å². The zero-order valence-electron chi connectivity index (χ0n) is 11.5. The Kier molecular flexibility index (Phi) is 5.19. The second-order valence-electron chi connectivity index (χ2n) is 5.42. The molecule has 2 rings (SSSR count). The number of nitriles is 1. The molecule has 1 fully saturated rings. The third-order valence-electron chi connectivity index (χ3n) is 3.97. The van der Waals surface area contributed by atoms with Crippen LogP contribution in [0.25, 0.3) is 0 Å². The van der Waals surface area contributed by atoms with Gasteiger partial charge >= 0.3 is 0 Å². The monoisotopic (exact) mass is 334 g/mol. The number of carbonyl (C=O) groups excluding carboxylic acids is 1. The van der Waals surface area contributed by atoms with Crippen LogP contribution in [0.15, 0.2) is 28.7 Å². The third kappa shape index (κ3) is 3.61. The van der Waals surface area contributed by atoms with Gasteiger partial charge in [-0.25, -0.2) is 0 Å². The molecule has 0 atom stereocenters. The van der Waals surface area contributed by atoms with Gasteiger partial charge in [0.2, 0.25) is 5.91 Å². The maximum Gasteiger partial charge on any atom is 0.240 e. The molecule has 1 saturated carbocycles. The molecule has 1 N–H and O–H groups in total. The highest BCUT2D eigenvalue weighted by Gasteiger charge is 2.38. The Morgan fingerprint density at radius 1 is 1.20 bits per heavy atom. The van der Waals surface area contributed by atoms with Crippen molar-refractivity contribution in [3.8, 4) is 6.07 Å². The highest BCUT2D eigenvalue weighted by molar-refractivity contribution is 9.10. The minimum absolute atomic E-state index is 0.107. The minimum Gasteiger partial charge on any atom is -0.351 e. The second kappa shape index (κ2) is 6.90. The molecule has 3 nitrogen and oxygen atoms in total. The predicted octanol–water partition coefficient (Wildman–Crippen LogP) is 3.93. The molecule has 0 spiro atoms. The van der Waals surface area contributed by atoms with E-state index in [1.165, 1.54) is 0 Å². The van der Waals surface area contributed by atoms with Crippen molar-refractivity contribution in [2.24, 2.45) is 5.41 Å². The van der Waals surface area contributed by atoms with E-state index in [9.17, 15) is 10.1 Å². The molecule has 106 valence electrons. The first-order valence-corrected chi connectivity index (χ1v) is 7.90. The Balaban J connectivity index is 1.99. The van der Waals surface area contributed by atoms with Crippen LogP contribution in [0.2, 0.25) is 0 Å². The average molecular weight is 335 g/mol. The van der Waals surface area contributed by atoms with Gasteiger partial charge in [0.15, 0.2) is 0 Å². The van der Waals surface area contributed by atoms with Gasteiger partial charge in [0, 0.05) is 11.0 Å². The first kappa shape index (κ1) is 15.1. The lowest BCUT2D eigenvalue weighted by atomic mass is 9.81. The number of nitrogens with one attached hydrogen (secondary N) is 1. The van der Waals surface area contributed by atoms with Crippen molar-refractivity contribution in [2.75, 3.05) is 0 Å². The third-order valence-corrected chi connectivity index (χ3v) is 4.50. The van der Waals surface area contributed by atoms with Crippen molar-refractivity contribution in [3.63, 3.8) is 0 Å². The van der Waals surface area contributed by atoms with Crippen LogP contribution in [-0.2, 0) is 11.3 Å². The molecule has 1 aliphatic carbocycles. The van der Waals surface area contributed by atoms with Crippen molar-refractivity contribution in [1.29, 1.82) is 5.26 Å². The number of halogens is 1. The molecule has 0 aromatic heterocycles. The standard InChI is InChI=1S/C16H19BrN2O/c17-14-7-5-13(6-8-14)11-19-15(20)16(12-18)9-3-1-2-4-10-16/h5-8H,1-4,9-11H2,(H,19,20). The zero-order chi connectivity index (χ0) is 14.4. The molecule has 1 aliphatic rings. The van der Waals surface area contributed by atoms with Gasteiger partial charge in [-0.1, -0.05) is 53.7 Å². The normalized spacial score (nSPS) is 17.8. The average Bonchev–Trinajstić information content (AvgIpc) is 2.73. The van der Waals surface area contributed by atoms with Gasteiger partial charge in [-0.15, -0.1) is 0 Å². The Morgan fingerprint density at radius 2 is 1.80 bits per heavy atom. The summed E-state index contributed by atoms with van der Waals surface area (Å²) in [7, 11) is 0. The largest absolute Gasteiger partial charge is 0.351 e. The Morgan fingerprint density at radius 3 is 2.35 bits per heavy atom. The molecule has 0 saturated heterocycles. The summed E-state index contributed by atoms with van der Waals surface area (Å²) in [6, 6.07) is 10.1. The lowest BCUT2D eigenvalue weighted by Crippen LogP contribution is -2.39. The van der Waals surface area contributed by atoms with Gasteiger partial charge in [-0.05, 0) is 30.5 Å². The van der Waals surface area contributed by atoms with Crippen LogP contribution >= 0.6 is 15.9 Å². The van der Waals surface area contributed by atoms with Gasteiger partial charge in [0.25, 0.3) is 0 Å². The highest BCUT2D eigenvalue weighted by Crippen LogP contribution is 2.34. The molecular weight excluding hydrogens is 316 g/mol. The quantitative estimate of drug-likeness (QED) is 0.851. The fourth-order valence-corrected chi connectivity index (χ4v) is 2.94. The summed E-state index contributed by atoms with van der Waals surface area (Å²) in [6.45, 7) is 0.482. The van der Waals surface area contributed by atoms with E-state index in [2.05, 4.69) is 27.3 Å². The summed E-state index contributed by atoms with van der Waals surface area (Å²) in [6.07, 6.45) is 5.58. The molecule has 0 radical (unpaired) electrons. The Bertz CT molecular complexity index is 496. The molecule has 1 aromatic rings. The van der Waals surface area contributed by atoms with Crippen molar-refractivity contribution < 1.29 is 4.79 Å². The van der Waals surface area contributed by atoms with Crippen LogP contribution in [0, 0.1) is 16.7 Å². The summed E-state index contributed by atoms with van der Waals surface area (Å²) in [5.41, 5.74) is 0.231. The summed E-state index contributed by atoms with van der Waals surface area (Å²) in [4.78, 5) is 12.4. The van der Waals surface area contributed by atoms with Crippen LogP contribution in [0.4, 0.5) is 0 Å². The number of carbonyl (C=O) groups is 1. The van der Waals surface area contributed by atoms with Gasteiger partial charge in [0.05, 0.1) is 6.07 Å². The molecule has 0 heterocycles. The second-order valence-corrected chi connectivity index (χ2v) is 6.33. The maximum absolute atomic E-state index is 12.4.